The fraction of sp³-hybridized carbons (Fsp3) is 0.231. The minimum atomic E-state index is 0. The van der Waals surface area contributed by atoms with E-state index in [4.69, 9.17) is 4.74 Å². The van der Waals surface area contributed by atoms with Crippen LogP contribution in [0, 0.1) is 0 Å². The van der Waals surface area contributed by atoms with Crippen molar-refractivity contribution < 1.29 is 24.2 Å². The standard InChI is InChI=1S/C7H9.C6H7O.Ru/c1-2-7-5-3-4-6-7;1-7-6-4-2-3-5-6;/h3-6H,2H2,1H3;2-5H,1H3;/q2*-1;+2. The molecule has 0 spiro atoms. The van der Waals surface area contributed by atoms with Gasteiger partial charge in [-0.25, -0.2) is 18.2 Å². The average Bonchev–Trinajstić information content (AvgIpc) is 2.92. The van der Waals surface area contributed by atoms with Crippen LogP contribution in [0.25, 0.3) is 0 Å². The molecule has 0 saturated carbocycles. The van der Waals surface area contributed by atoms with Crippen LogP contribution in [0.2, 0.25) is 0 Å². The van der Waals surface area contributed by atoms with Crippen LogP contribution >= 0.6 is 0 Å². The molecule has 0 aliphatic heterocycles. The summed E-state index contributed by atoms with van der Waals surface area (Å²) in [6.45, 7) is 2.16. The van der Waals surface area contributed by atoms with Crippen LogP contribution in [-0.2, 0) is 25.9 Å². The van der Waals surface area contributed by atoms with Crippen molar-refractivity contribution in [1.29, 1.82) is 0 Å². The van der Waals surface area contributed by atoms with Crippen molar-refractivity contribution >= 4 is 0 Å². The minimum Gasteiger partial charge on any atom is -0.523 e. The summed E-state index contributed by atoms with van der Waals surface area (Å²) in [4.78, 5) is 0. The second kappa shape index (κ2) is 8.43. The molecule has 0 aliphatic rings. The molecule has 0 bridgehead atoms. The summed E-state index contributed by atoms with van der Waals surface area (Å²) in [6, 6.07) is 16.1. The van der Waals surface area contributed by atoms with E-state index in [0.717, 1.165) is 12.2 Å². The summed E-state index contributed by atoms with van der Waals surface area (Å²) >= 11 is 0. The van der Waals surface area contributed by atoms with Gasteiger partial charge in [-0.3, -0.25) is 0 Å². The third-order valence-corrected chi connectivity index (χ3v) is 2.01. The maximum atomic E-state index is 4.85. The smallest absolute Gasteiger partial charge is 0.523 e. The predicted octanol–water partition coefficient (Wildman–Crippen LogP) is 3.38. The summed E-state index contributed by atoms with van der Waals surface area (Å²) in [6.07, 6.45) is 1.16. The molecule has 0 unspecified atom stereocenters. The zero-order valence-electron chi connectivity index (χ0n) is 9.09. The molecule has 2 aromatic rings. The number of ether oxygens (including phenoxy) is 1. The molecule has 0 atom stereocenters. The van der Waals surface area contributed by atoms with E-state index < -0.39 is 0 Å². The van der Waals surface area contributed by atoms with Crippen LogP contribution in [0.3, 0.4) is 0 Å². The molecule has 0 fully saturated rings. The Hall–Kier alpha value is -0.877. The number of aryl methyl sites for hydroxylation is 1. The molecule has 0 aromatic heterocycles. The van der Waals surface area contributed by atoms with Gasteiger partial charge in [0, 0.05) is 5.75 Å². The van der Waals surface area contributed by atoms with Crippen molar-refractivity contribution in [3.8, 4) is 5.75 Å². The first kappa shape index (κ1) is 14.1. The van der Waals surface area contributed by atoms with Crippen LogP contribution in [0.1, 0.15) is 12.5 Å². The van der Waals surface area contributed by atoms with Gasteiger partial charge in [0.25, 0.3) is 0 Å². The van der Waals surface area contributed by atoms with E-state index in [-0.39, 0.29) is 19.5 Å². The Morgan fingerprint density at radius 3 is 2.07 bits per heavy atom. The Bertz CT molecular complexity index is 274. The van der Waals surface area contributed by atoms with Crippen LogP contribution in [0.15, 0.2) is 48.5 Å². The van der Waals surface area contributed by atoms with Crippen molar-refractivity contribution in [3.63, 3.8) is 0 Å². The van der Waals surface area contributed by atoms with Crippen LogP contribution in [0.5, 0.6) is 5.75 Å². The largest absolute Gasteiger partial charge is 2.00 e. The molecule has 0 saturated heterocycles. The van der Waals surface area contributed by atoms with Gasteiger partial charge in [0.05, 0.1) is 7.11 Å². The summed E-state index contributed by atoms with van der Waals surface area (Å²) in [7, 11) is 1.66. The average molecular weight is 289 g/mol. The van der Waals surface area contributed by atoms with E-state index in [9.17, 15) is 0 Å². The quantitative estimate of drug-likeness (QED) is 0.608. The zero-order valence-corrected chi connectivity index (χ0v) is 10.8. The van der Waals surface area contributed by atoms with Crippen molar-refractivity contribution in [2.24, 2.45) is 0 Å². The fourth-order valence-corrected chi connectivity index (χ4v) is 1.14. The van der Waals surface area contributed by atoms with Crippen LogP contribution < -0.4 is 4.74 Å². The molecular weight excluding hydrogens is 273 g/mol. The zero-order chi connectivity index (χ0) is 10.2. The van der Waals surface area contributed by atoms with E-state index in [1.807, 2.05) is 24.3 Å². The maximum absolute atomic E-state index is 4.85. The molecule has 15 heavy (non-hydrogen) atoms. The molecular formula is C13H16ORu. The molecule has 0 aliphatic carbocycles. The first-order valence-corrected chi connectivity index (χ1v) is 4.83. The van der Waals surface area contributed by atoms with Crippen molar-refractivity contribution in [2.75, 3.05) is 7.11 Å². The Kier molecular flexibility index (Phi) is 7.94. The normalized spacial score (nSPS) is 8.40. The molecule has 0 radical (unpaired) electrons. The van der Waals surface area contributed by atoms with E-state index in [1.54, 1.807) is 7.11 Å². The van der Waals surface area contributed by atoms with Gasteiger partial charge in [-0.1, -0.05) is 13.3 Å². The summed E-state index contributed by atoms with van der Waals surface area (Å²) < 4.78 is 4.85. The Morgan fingerprint density at radius 1 is 1.13 bits per heavy atom. The first-order valence-electron chi connectivity index (χ1n) is 4.83. The molecule has 0 N–H and O–H groups in total. The second-order valence-electron chi connectivity index (χ2n) is 2.97. The third kappa shape index (κ3) is 5.54. The van der Waals surface area contributed by atoms with Gasteiger partial charge in [-0.15, -0.1) is 6.07 Å². The molecule has 0 heterocycles. The molecule has 82 valence electrons. The number of rotatable bonds is 2. The summed E-state index contributed by atoms with van der Waals surface area (Å²) in [5.74, 6) is 0.931. The maximum Gasteiger partial charge on any atom is 2.00 e. The number of methoxy groups -OCH3 is 1. The Morgan fingerprint density at radius 2 is 1.80 bits per heavy atom. The van der Waals surface area contributed by atoms with Gasteiger partial charge in [0.2, 0.25) is 0 Å². The van der Waals surface area contributed by atoms with Gasteiger partial charge < -0.3 is 4.74 Å². The molecule has 1 nitrogen and oxygen atoms in total. The molecule has 2 heteroatoms. The Balaban J connectivity index is 0.000000245. The van der Waals surface area contributed by atoms with E-state index in [1.165, 1.54) is 5.56 Å². The van der Waals surface area contributed by atoms with E-state index >= 15 is 0 Å². The van der Waals surface area contributed by atoms with Crippen molar-refractivity contribution in [2.45, 2.75) is 13.3 Å². The van der Waals surface area contributed by atoms with Crippen LogP contribution in [0.4, 0.5) is 0 Å². The van der Waals surface area contributed by atoms with Gasteiger partial charge in [-0.05, 0) is 0 Å². The van der Waals surface area contributed by atoms with Gasteiger partial charge >= 0.3 is 19.5 Å². The number of hydrogen-bond acceptors (Lipinski definition) is 1. The van der Waals surface area contributed by atoms with Gasteiger partial charge in [0.1, 0.15) is 0 Å². The van der Waals surface area contributed by atoms with E-state index in [0.29, 0.717) is 0 Å². The summed E-state index contributed by atoms with van der Waals surface area (Å²) in [5.41, 5.74) is 1.43. The molecule has 0 amide bonds. The minimum absolute atomic E-state index is 0. The van der Waals surface area contributed by atoms with Crippen molar-refractivity contribution in [3.05, 3.63) is 54.1 Å². The molecule has 2 aromatic carbocycles. The van der Waals surface area contributed by atoms with E-state index in [2.05, 4.69) is 31.2 Å². The van der Waals surface area contributed by atoms with Crippen molar-refractivity contribution in [1.82, 2.24) is 0 Å². The summed E-state index contributed by atoms with van der Waals surface area (Å²) in [5, 5.41) is 0. The fourth-order valence-electron chi connectivity index (χ4n) is 1.14. The van der Waals surface area contributed by atoms with Crippen LogP contribution in [-0.4, -0.2) is 7.11 Å². The van der Waals surface area contributed by atoms with Gasteiger partial charge in [0.15, 0.2) is 0 Å². The SMILES string of the molecule is CCc1ccc[cH-]1.COc1ccc[cH-]1.[Ru+2]. The topological polar surface area (TPSA) is 9.23 Å². The monoisotopic (exact) mass is 290 g/mol. The first-order chi connectivity index (χ1) is 6.86. The molecule has 2 rings (SSSR count). The third-order valence-electron chi connectivity index (χ3n) is 2.01. The number of hydrogen-bond donors (Lipinski definition) is 0. The van der Waals surface area contributed by atoms with Gasteiger partial charge in [-0.2, -0.15) is 29.8 Å². The predicted molar refractivity (Wildman–Crippen MR) is 60.0 cm³/mol. The second-order valence-corrected chi connectivity index (χ2v) is 2.97. The Labute approximate surface area is 105 Å².